The minimum atomic E-state index is -3.12. The summed E-state index contributed by atoms with van der Waals surface area (Å²) in [5.41, 5.74) is 13.1. The van der Waals surface area contributed by atoms with Gasteiger partial charge >= 0.3 is 0 Å². The van der Waals surface area contributed by atoms with Gasteiger partial charge in [-0.05, 0) is 193 Å². The Balaban J connectivity index is 0.000000185. The molecule has 8 N–H and O–H groups in total. The molecule has 802 valence electrons. The van der Waals surface area contributed by atoms with E-state index in [9.17, 15) is 22.8 Å². The maximum Gasteiger partial charge on any atom is 0.218 e. The van der Waals surface area contributed by atoms with Crippen LogP contribution in [0, 0.1) is 31.2 Å². The van der Waals surface area contributed by atoms with Crippen molar-refractivity contribution in [3.8, 4) is 79.9 Å². The number of ether oxygens (including phenoxy) is 6. The van der Waals surface area contributed by atoms with Crippen LogP contribution < -0.4 is 61.8 Å². The number of thiazole rings is 5. The molecule has 38 heteroatoms. The van der Waals surface area contributed by atoms with E-state index in [1.165, 1.54) is 51.6 Å². The highest BCUT2D eigenvalue weighted by atomic mass is 35.5. The molecule has 0 saturated carbocycles. The Morgan fingerprint density at radius 1 is 0.443 bits per heavy atom. The van der Waals surface area contributed by atoms with Crippen molar-refractivity contribution in [2.45, 2.75) is 221 Å². The quantitative estimate of drug-likeness (QED) is 0.0187. The zero-order valence-electron chi connectivity index (χ0n) is 90.1. The van der Waals surface area contributed by atoms with E-state index in [0.717, 1.165) is 176 Å². The molecule has 0 atom stereocenters. The highest BCUT2D eigenvalue weighted by Crippen LogP contribution is 2.41. The number of pyridine rings is 5. The topological polar surface area (TPSA) is 349 Å². The molecule has 10 aromatic heterocycles. The molecule has 2 aliphatic heterocycles. The fraction of sp³-hybridized carbons (Fsp3) is 0.450. The molecule has 0 amide bonds. The van der Waals surface area contributed by atoms with E-state index in [1.807, 2.05) is 149 Å². The third-order valence-corrected chi connectivity index (χ3v) is 26.6. The van der Waals surface area contributed by atoms with E-state index in [0.29, 0.717) is 143 Å². The summed E-state index contributed by atoms with van der Waals surface area (Å²) < 4.78 is 58.5. The van der Waals surface area contributed by atoms with Gasteiger partial charge in [-0.15, -0.1) is 45.3 Å². The summed E-state index contributed by atoms with van der Waals surface area (Å²) in [4.78, 5) is 87.9. The third kappa shape index (κ3) is 38.4. The molecule has 29 nitrogen and oxygen atoms in total. The number of benzene rings is 5. The number of morpholine rings is 2. The van der Waals surface area contributed by atoms with Crippen LogP contribution in [0.4, 0.5) is 25.7 Å². The molecule has 0 bridgehead atoms. The lowest BCUT2D eigenvalue weighted by Crippen LogP contribution is -2.38. The molecule has 12 heterocycles. The van der Waals surface area contributed by atoms with Crippen LogP contribution in [0.15, 0.2) is 145 Å². The number of H-pyrrole nitrogens is 3. The third-order valence-electron chi connectivity index (χ3n) is 20.7. The van der Waals surface area contributed by atoms with Crippen molar-refractivity contribution in [1.82, 2.24) is 59.6 Å². The van der Waals surface area contributed by atoms with Gasteiger partial charge in [0.2, 0.25) is 6.54 Å². The van der Waals surface area contributed by atoms with Gasteiger partial charge in [-0.1, -0.05) is 127 Å². The van der Waals surface area contributed by atoms with Crippen molar-refractivity contribution in [3.63, 3.8) is 0 Å². The molecule has 17 rings (SSSR count). The van der Waals surface area contributed by atoms with Gasteiger partial charge in [0.15, 0.2) is 51.8 Å². The summed E-state index contributed by atoms with van der Waals surface area (Å²) in [6.45, 7) is 67.0. The molecule has 0 spiro atoms. The Hall–Kier alpha value is -11.0. The van der Waals surface area contributed by atoms with E-state index in [-0.39, 0.29) is 46.3 Å². The van der Waals surface area contributed by atoms with Gasteiger partial charge in [0.1, 0.15) is 62.7 Å². The Bertz CT molecular complexity index is 7190. The zero-order chi connectivity index (χ0) is 109. The second-order valence-corrected chi connectivity index (χ2v) is 48.0. The number of hydrogen-bond donors (Lipinski definition) is 8. The normalized spacial score (nSPS) is 12.8. The van der Waals surface area contributed by atoms with Crippen LogP contribution in [0.1, 0.15) is 176 Å². The summed E-state index contributed by atoms with van der Waals surface area (Å²) in [7, 11) is -3.12. The monoisotopic (exact) mass is 2200 g/mol. The lowest BCUT2D eigenvalue weighted by molar-refractivity contribution is 0.0322. The number of hydrogen-bond acceptors (Lipinski definition) is 30. The number of rotatable bonds is 31. The fourth-order valence-corrected chi connectivity index (χ4v) is 20.5. The molecule has 15 aromatic rings. The van der Waals surface area contributed by atoms with Gasteiger partial charge in [0.05, 0.1) is 117 Å². The standard InChI is InChI=1S/C21H25ClN4O3S.C21H23ClN4OS.C21H26N4O3S.C20H25N3O3S2.C16H16ClN3OS.3C4H10/c1-13(2)23-21-25-16(12-30-21)15-11-17(27)14-3-4-18(19(22)20(14)24-15)29-10-7-26-5-8-28-9-6-26;1-12(2)24-21-26-17(11-28-21)16-10-18(27-13(3)4)15-7-6-14(8-9-23-5)19(22)20(15)25-16;1-14(2)22-21-24-19(13-29-21)18-12-20(26)16-4-3-15(11-17(16)23-18)28-10-7-25-5-8-27-9-6-25;1-12(2)21-20-23-18(10-27-20)17-9-19(26-13(3)4)15-7-6-14(8-16(15)22-17)11-28(5,24)25;1-8(2)18-16-20-14(15(17)22-16)12-7-13(21)10-5-4-9(3)6-11(10)19-12;3*1-4(2)3/h3-4,11-13H,5-10H2,1-2H3,(H,23,25)(H,24,27);6-7,10-13H,8-9H2,1-4H3,(H,24,26);3-4,11-14H,5-10H2,1-2H3,(H,22,24)(H,23,26);6-10,12-13H,11H2,1-5H3,(H,21,23);4-8H,1-3H3,(H,18,20)(H,19,21);3*4H,1-3H3. The van der Waals surface area contributed by atoms with E-state index >= 15 is 0 Å². The number of aryl methyl sites for hydroxylation is 1. The van der Waals surface area contributed by atoms with Crippen LogP contribution in [0.25, 0.3) is 116 Å². The first-order valence-corrected chi connectivity index (χ1v) is 58.0. The Morgan fingerprint density at radius 3 is 1.36 bits per heavy atom. The number of fused-ring (bicyclic) bond motifs is 5. The first-order chi connectivity index (χ1) is 70.7. The van der Waals surface area contributed by atoms with Crippen molar-refractivity contribution >= 4 is 181 Å². The van der Waals surface area contributed by atoms with Crippen LogP contribution in [-0.4, -0.2) is 202 Å². The first-order valence-electron chi connectivity index (χ1n) is 50.5. The van der Waals surface area contributed by atoms with Gasteiger partial charge in [0, 0.05) is 167 Å². The average molecular weight is 2210 g/mol. The lowest BCUT2D eigenvalue weighted by Gasteiger charge is -2.26. The summed E-state index contributed by atoms with van der Waals surface area (Å²) in [6.07, 6.45) is 1.85. The number of aromatic amines is 3. The molecule has 5 aromatic carbocycles. The summed E-state index contributed by atoms with van der Waals surface area (Å²) >= 11 is 27.0. The Morgan fingerprint density at radius 2 is 0.866 bits per heavy atom. The predicted molar refractivity (Wildman–Crippen MR) is 629 cm³/mol. The number of nitrogens with one attached hydrogen (secondary N) is 8. The van der Waals surface area contributed by atoms with Gasteiger partial charge in [-0.25, -0.2) is 49.9 Å². The predicted octanol–water partition coefficient (Wildman–Crippen LogP) is 27.0. The second kappa shape index (κ2) is 58.0. The summed E-state index contributed by atoms with van der Waals surface area (Å²) in [5.74, 6) is 5.24. The maximum atomic E-state index is 12.7. The minimum absolute atomic E-state index is 0.00255. The number of nitrogens with zero attached hydrogens (tertiary/aromatic N) is 10. The SMILES string of the molecule is CC(C)C.CC(C)C.CC(C)C.CC(C)Nc1nc(-c2cc(=O)c3ccc(OCCN4CCOCC4)c(Cl)c3[nH]2)cs1.CC(C)Nc1nc(-c2cc(=O)c3ccc(OCCN4CCOCC4)cc3[nH]2)cs1.CC(C)Nc1nc(-c2cc(OC(C)C)c3ccc(CS(C)(=O)=O)cc3n2)cs1.Cc1ccc2c(=O)cc(-c3nc(NC(C)C)sc3Cl)[nH]c2c1.[C-]#[N+]CCc1ccc2c(OC(C)C)cc(-c3csc(NC(C)C)n3)nc2c1Cl. The average Bonchev–Trinajstić information content (AvgIpc) is 1.73. The van der Waals surface area contributed by atoms with Crippen LogP contribution in [0.2, 0.25) is 14.4 Å². The maximum absolute atomic E-state index is 12.7. The molecule has 2 aliphatic rings. The van der Waals surface area contributed by atoms with Crippen molar-refractivity contribution in [1.29, 1.82) is 0 Å². The smallest absolute Gasteiger partial charge is 0.218 e. The van der Waals surface area contributed by atoms with E-state index in [1.54, 1.807) is 41.7 Å². The molecule has 149 heavy (non-hydrogen) atoms. The number of sulfone groups is 1. The molecule has 0 unspecified atom stereocenters. The van der Waals surface area contributed by atoms with Crippen LogP contribution in [0.5, 0.6) is 23.0 Å². The molecule has 0 aliphatic carbocycles. The second-order valence-electron chi connectivity index (χ2n) is 40.1. The molecule has 2 saturated heterocycles. The largest absolute Gasteiger partial charge is 0.492 e. The van der Waals surface area contributed by atoms with Gasteiger partial charge in [0.25, 0.3) is 0 Å². The minimum Gasteiger partial charge on any atom is -0.492 e. The Kier molecular flexibility index (Phi) is 46.7. The highest BCUT2D eigenvalue weighted by molar-refractivity contribution is 7.89. The highest BCUT2D eigenvalue weighted by Gasteiger charge is 2.24. The van der Waals surface area contributed by atoms with Gasteiger partial charge in [-0.3, -0.25) is 24.2 Å². The molecular weight excluding hydrogens is 2060 g/mol. The van der Waals surface area contributed by atoms with Crippen molar-refractivity contribution in [3.05, 3.63) is 204 Å². The molecule has 0 radical (unpaired) electrons. The van der Waals surface area contributed by atoms with E-state index in [2.05, 4.69) is 199 Å². The summed E-state index contributed by atoms with van der Waals surface area (Å²) in [6, 6.07) is 34.2. The number of halogens is 3. The lowest BCUT2D eigenvalue weighted by atomic mass is 10.1. The van der Waals surface area contributed by atoms with Crippen molar-refractivity contribution < 1.29 is 36.8 Å². The van der Waals surface area contributed by atoms with E-state index < -0.39 is 9.84 Å². The van der Waals surface area contributed by atoms with Crippen LogP contribution >= 0.6 is 91.5 Å². The zero-order valence-corrected chi connectivity index (χ0v) is 97.3. The fourth-order valence-electron chi connectivity index (χ4n) is 14.5. The molecule has 2 fully saturated rings. The van der Waals surface area contributed by atoms with Crippen LogP contribution in [0.3, 0.4) is 0 Å². The van der Waals surface area contributed by atoms with Crippen molar-refractivity contribution in [2.24, 2.45) is 17.8 Å². The van der Waals surface area contributed by atoms with Gasteiger partial charge in [-0.2, -0.15) is 0 Å². The van der Waals surface area contributed by atoms with E-state index in [4.69, 9.17) is 79.8 Å². The number of aromatic nitrogens is 10. The summed E-state index contributed by atoms with van der Waals surface area (Å²) in [5, 5.41) is 32.8. The van der Waals surface area contributed by atoms with Crippen LogP contribution in [-0.2, 0) is 31.5 Å². The van der Waals surface area contributed by atoms with Crippen molar-refractivity contribution in [2.75, 3.05) is 118 Å². The number of anilines is 5. The Labute approximate surface area is 911 Å². The first kappa shape index (κ1) is 120. The molecular formula is C111H145Cl3N18O11S6. The van der Waals surface area contributed by atoms with Gasteiger partial charge < -0.3 is 74.8 Å².